The lowest BCUT2D eigenvalue weighted by Gasteiger charge is -2.05. The van der Waals surface area contributed by atoms with Crippen LogP contribution in [0.1, 0.15) is 15.9 Å². The Morgan fingerprint density at radius 1 is 1.11 bits per heavy atom. The van der Waals surface area contributed by atoms with E-state index in [1.165, 1.54) is 12.1 Å². The molecule has 5 heteroatoms. The van der Waals surface area contributed by atoms with E-state index in [0.717, 1.165) is 0 Å². The molecule has 0 aliphatic carbocycles. The fraction of sp³-hybridized carbons (Fsp3) is 0.0714. The number of ketones is 1. The highest BCUT2D eigenvalue weighted by Gasteiger charge is 2.13. The Bertz CT molecular complexity index is 643. The fourth-order valence-electron chi connectivity index (χ4n) is 1.65. The molecule has 0 bridgehead atoms. The Morgan fingerprint density at radius 3 is 2.47 bits per heavy atom. The van der Waals surface area contributed by atoms with E-state index in [9.17, 15) is 9.18 Å². The van der Waals surface area contributed by atoms with Gasteiger partial charge in [-0.1, -0.05) is 45.2 Å². The Kier molecular flexibility index (Phi) is 4.61. The predicted octanol–water partition coefficient (Wildman–Crippen LogP) is 5.32. The van der Waals surface area contributed by atoms with E-state index in [-0.39, 0.29) is 17.8 Å². The monoisotopic (exact) mass is 360 g/mol. The largest absolute Gasteiger partial charge is 0.294 e. The highest BCUT2D eigenvalue weighted by atomic mass is 79.9. The van der Waals surface area contributed by atoms with Crippen molar-refractivity contribution in [1.82, 2.24) is 0 Å². The Labute approximate surface area is 128 Å². The molecule has 0 spiro atoms. The summed E-state index contributed by atoms with van der Waals surface area (Å²) in [5.41, 5.74) is 0.760. The summed E-state index contributed by atoms with van der Waals surface area (Å²) < 4.78 is 14.2. The Hall–Kier alpha value is -0.900. The molecule has 0 amide bonds. The van der Waals surface area contributed by atoms with E-state index in [1.807, 2.05) is 0 Å². The second-order valence-corrected chi connectivity index (χ2v) is 5.70. The highest BCUT2D eigenvalue weighted by molar-refractivity contribution is 9.10. The quantitative estimate of drug-likeness (QED) is 0.676. The fourth-order valence-corrected chi connectivity index (χ4v) is 2.30. The van der Waals surface area contributed by atoms with Gasteiger partial charge < -0.3 is 0 Å². The van der Waals surface area contributed by atoms with Crippen LogP contribution >= 0.6 is 39.1 Å². The van der Waals surface area contributed by atoms with Gasteiger partial charge in [0.1, 0.15) is 5.82 Å². The number of hydrogen-bond acceptors (Lipinski definition) is 1. The summed E-state index contributed by atoms with van der Waals surface area (Å²) in [7, 11) is 0. The van der Waals surface area contributed by atoms with E-state index in [4.69, 9.17) is 23.2 Å². The number of benzene rings is 2. The molecule has 0 radical (unpaired) electrons. The van der Waals surface area contributed by atoms with E-state index in [2.05, 4.69) is 15.9 Å². The first kappa shape index (κ1) is 14.5. The van der Waals surface area contributed by atoms with Crippen LogP contribution in [-0.2, 0) is 6.42 Å². The lowest BCUT2D eigenvalue weighted by molar-refractivity contribution is 0.0989. The normalized spacial score (nSPS) is 10.5. The summed E-state index contributed by atoms with van der Waals surface area (Å²) in [6.07, 6.45) is 0.0788. The van der Waals surface area contributed by atoms with Gasteiger partial charge in [-0.15, -0.1) is 0 Å². The molecule has 0 atom stereocenters. The molecule has 0 unspecified atom stereocenters. The maximum absolute atomic E-state index is 13.6. The van der Waals surface area contributed by atoms with Crippen LogP contribution in [0.15, 0.2) is 40.9 Å². The predicted molar refractivity (Wildman–Crippen MR) is 78.6 cm³/mol. The zero-order chi connectivity index (χ0) is 14.0. The van der Waals surface area contributed by atoms with Crippen molar-refractivity contribution in [1.29, 1.82) is 0 Å². The van der Waals surface area contributed by atoms with E-state index >= 15 is 0 Å². The van der Waals surface area contributed by atoms with Crippen LogP contribution in [0.2, 0.25) is 10.0 Å². The van der Waals surface area contributed by atoms with Crippen LogP contribution in [0.3, 0.4) is 0 Å². The van der Waals surface area contributed by atoms with Gasteiger partial charge in [-0.2, -0.15) is 0 Å². The van der Waals surface area contributed by atoms with E-state index < -0.39 is 5.82 Å². The third-order valence-electron chi connectivity index (χ3n) is 2.58. The average molecular weight is 362 g/mol. The number of carbonyl (C=O) groups excluding carboxylic acids is 1. The molecule has 2 rings (SSSR count). The summed E-state index contributed by atoms with van der Waals surface area (Å²) in [6.45, 7) is 0. The zero-order valence-electron chi connectivity index (χ0n) is 9.59. The first-order chi connectivity index (χ1) is 8.97. The van der Waals surface area contributed by atoms with Crippen LogP contribution in [0, 0.1) is 5.82 Å². The van der Waals surface area contributed by atoms with Gasteiger partial charge in [0.25, 0.3) is 0 Å². The molecule has 0 N–H and O–H groups in total. The second kappa shape index (κ2) is 6.04. The van der Waals surface area contributed by atoms with Crippen LogP contribution in [0.25, 0.3) is 0 Å². The van der Waals surface area contributed by atoms with Crippen molar-refractivity contribution >= 4 is 44.9 Å². The molecule has 2 aromatic rings. The van der Waals surface area contributed by atoms with Gasteiger partial charge in [0.15, 0.2) is 5.78 Å². The number of carbonyl (C=O) groups is 1. The molecule has 0 saturated heterocycles. The van der Waals surface area contributed by atoms with Gasteiger partial charge in [-0.3, -0.25) is 4.79 Å². The molecule has 0 fully saturated rings. The first-order valence-corrected chi connectivity index (χ1v) is 6.94. The second-order valence-electron chi connectivity index (χ2n) is 3.97. The maximum atomic E-state index is 13.6. The van der Waals surface area contributed by atoms with Gasteiger partial charge in [-0.05, 0) is 35.9 Å². The molecule has 0 aliphatic heterocycles. The third-order valence-corrected chi connectivity index (χ3v) is 3.81. The molecule has 0 aliphatic rings. The molecular formula is C14H8BrCl2FO. The minimum atomic E-state index is -0.542. The molecule has 19 heavy (non-hydrogen) atoms. The summed E-state index contributed by atoms with van der Waals surface area (Å²) in [4.78, 5) is 12.0. The third kappa shape index (κ3) is 3.56. The summed E-state index contributed by atoms with van der Waals surface area (Å²) in [6, 6.07) is 9.28. The molecule has 0 saturated carbocycles. The lowest BCUT2D eigenvalue weighted by Crippen LogP contribution is -2.06. The van der Waals surface area contributed by atoms with Crippen molar-refractivity contribution in [3.63, 3.8) is 0 Å². The van der Waals surface area contributed by atoms with E-state index in [0.29, 0.717) is 20.1 Å². The molecule has 0 aromatic heterocycles. The molecule has 1 nitrogen and oxygen atoms in total. The number of Topliss-reactive ketones (excluding diaryl/α,β-unsaturated/α-hetero) is 1. The molecule has 98 valence electrons. The van der Waals surface area contributed by atoms with Crippen molar-refractivity contribution in [2.24, 2.45) is 0 Å². The van der Waals surface area contributed by atoms with Gasteiger partial charge in [0.05, 0.1) is 15.6 Å². The lowest BCUT2D eigenvalue weighted by atomic mass is 10.0. The van der Waals surface area contributed by atoms with Gasteiger partial charge >= 0.3 is 0 Å². The van der Waals surface area contributed by atoms with Gasteiger partial charge in [-0.25, -0.2) is 4.39 Å². The standard InChI is InChI=1S/C14H8BrCl2FO/c15-9-2-3-10(13(18)7-9)14(19)6-8-1-4-11(16)12(17)5-8/h1-5,7H,6H2. The minimum Gasteiger partial charge on any atom is -0.294 e. The van der Waals surface area contributed by atoms with Crippen molar-refractivity contribution in [3.8, 4) is 0 Å². The summed E-state index contributed by atoms with van der Waals surface area (Å²) >= 11 is 14.8. The van der Waals surface area contributed by atoms with Gasteiger partial charge in [0, 0.05) is 10.9 Å². The Morgan fingerprint density at radius 2 is 1.84 bits per heavy atom. The topological polar surface area (TPSA) is 17.1 Å². The summed E-state index contributed by atoms with van der Waals surface area (Å²) in [5, 5.41) is 0.802. The minimum absolute atomic E-state index is 0.0641. The van der Waals surface area contributed by atoms with Gasteiger partial charge in [0.2, 0.25) is 0 Å². The van der Waals surface area contributed by atoms with Crippen molar-refractivity contribution < 1.29 is 9.18 Å². The zero-order valence-corrected chi connectivity index (χ0v) is 12.7. The van der Waals surface area contributed by atoms with Crippen LogP contribution < -0.4 is 0 Å². The maximum Gasteiger partial charge on any atom is 0.170 e. The van der Waals surface area contributed by atoms with Crippen LogP contribution in [0.5, 0.6) is 0 Å². The van der Waals surface area contributed by atoms with E-state index in [1.54, 1.807) is 24.3 Å². The first-order valence-electron chi connectivity index (χ1n) is 5.39. The van der Waals surface area contributed by atoms with Crippen molar-refractivity contribution in [2.45, 2.75) is 6.42 Å². The average Bonchev–Trinajstić information content (AvgIpc) is 2.33. The van der Waals surface area contributed by atoms with Crippen LogP contribution in [0.4, 0.5) is 4.39 Å². The molecular weight excluding hydrogens is 354 g/mol. The smallest absolute Gasteiger partial charge is 0.170 e. The molecule has 0 heterocycles. The SMILES string of the molecule is O=C(Cc1ccc(Cl)c(Cl)c1)c1ccc(Br)cc1F. The number of hydrogen-bond donors (Lipinski definition) is 0. The van der Waals surface area contributed by atoms with Crippen molar-refractivity contribution in [2.75, 3.05) is 0 Å². The highest BCUT2D eigenvalue weighted by Crippen LogP contribution is 2.24. The summed E-state index contributed by atoms with van der Waals surface area (Å²) in [5.74, 6) is -0.845. The van der Waals surface area contributed by atoms with Crippen molar-refractivity contribution in [3.05, 3.63) is 67.9 Å². The Balaban J connectivity index is 2.23. The molecule has 2 aromatic carbocycles. The number of halogens is 4. The van der Waals surface area contributed by atoms with Crippen LogP contribution in [-0.4, -0.2) is 5.78 Å². The number of rotatable bonds is 3.